The molecule has 0 spiro atoms. The van der Waals surface area contributed by atoms with Crippen LogP contribution in [0.2, 0.25) is 5.15 Å². The van der Waals surface area contributed by atoms with Crippen molar-refractivity contribution in [2.24, 2.45) is 0 Å². The fourth-order valence-electron chi connectivity index (χ4n) is 2.29. The molecule has 1 aromatic heterocycles. The number of aromatic nitrogens is 1. The molecule has 0 bridgehead atoms. The Kier molecular flexibility index (Phi) is 4.49. The second-order valence-corrected chi connectivity index (χ2v) is 5.60. The first-order valence-corrected chi connectivity index (χ1v) is 7.67. The summed E-state index contributed by atoms with van der Waals surface area (Å²) in [5, 5.41) is 1.25. The molecule has 2 aromatic carbocycles. The van der Waals surface area contributed by atoms with Crippen molar-refractivity contribution in [3.8, 4) is 5.75 Å². The molecule has 0 aliphatic heterocycles. The number of carbonyl (C=O) groups excluding carboxylic acids is 1. The third kappa shape index (κ3) is 3.39. The van der Waals surface area contributed by atoms with E-state index in [9.17, 15) is 4.79 Å². The third-order valence-electron chi connectivity index (χ3n) is 3.61. The molecule has 0 amide bonds. The molecule has 0 aliphatic carbocycles. The Balaban J connectivity index is 1.90. The Bertz CT molecular complexity index is 934. The summed E-state index contributed by atoms with van der Waals surface area (Å²) < 4.78 is 5.18. The minimum atomic E-state index is -0.124. The van der Waals surface area contributed by atoms with Gasteiger partial charge in [-0.3, -0.25) is 4.79 Å². The summed E-state index contributed by atoms with van der Waals surface area (Å²) >= 11 is 6.22. The molecule has 2 N–H and O–H groups in total. The molecule has 0 saturated carbocycles. The normalized spacial score (nSPS) is 11.1. The number of nitrogens with zero attached hydrogens (tertiary/aromatic N) is 1. The van der Waals surface area contributed by atoms with Gasteiger partial charge in [-0.05, 0) is 54.6 Å². The number of halogens is 1. The van der Waals surface area contributed by atoms with Gasteiger partial charge in [0.1, 0.15) is 10.9 Å². The first-order chi connectivity index (χ1) is 11.6. The van der Waals surface area contributed by atoms with Crippen molar-refractivity contribution in [1.82, 2.24) is 4.98 Å². The largest absolute Gasteiger partial charge is 0.497 e. The van der Waals surface area contributed by atoms with Gasteiger partial charge in [0.05, 0.1) is 12.6 Å². The van der Waals surface area contributed by atoms with Crippen molar-refractivity contribution in [1.29, 1.82) is 0 Å². The molecule has 0 radical (unpaired) electrons. The highest BCUT2D eigenvalue weighted by molar-refractivity contribution is 6.31. The predicted molar refractivity (Wildman–Crippen MR) is 97.5 cm³/mol. The number of benzene rings is 2. The summed E-state index contributed by atoms with van der Waals surface area (Å²) in [5.74, 6) is 0.591. The zero-order valence-electron chi connectivity index (χ0n) is 13.0. The van der Waals surface area contributed by atoms with Crippen molar-refractivity contribution in [3.63, 3.8) is 0 Å². The molecular weight excluding hydrogens is 324 g/mol. The number of anilines is 1. The van der Waals surface area contributed by atoms with Crippen LogP contribution in [-0.4, -0.2) is 17.9 Å². The van der Waals surface area contributed by atoms with Crippen LogP contribution in [0.3, 0.4) is 0 Å². The Morgan fingerprint density at radius 3 is 2.62 bits per heavy atom. The van der Waals surface area contributed by atoms with Gasteiger partial charge in [-0.2, -0.15) is 0 Å². The number of fused-ring (bicyclic) bond motifs is 1. The molecule has 1 heterocycles. The average molecular weight is 339 g/mol. The van der Waals surface area contributed by atoms with E-state index in [0.29, 0.717) is 27.7 Å². The first-order valence-electron chi connectivity index (χ1n) is 7.29. The number of rotatable bonds is 4. The summed E-state index contributed by atoms with van der Waals surface area (Å²) in [6.45, 7) is 0. The van der Waals surface area contributed by atoms with Crippen LogP contribution >= 0.6 is 11.6 Å². The Hall–Kier alpha value is -2.85. The van der Waals surface area contributed by atoms with Crippen molar-refractivity contribution >= 4 is 40.1 Å². The highest BCUT2D eigenvalue weighted by Gasteiger charge is 2.06. The number of ether oxygens (including phenoxy) is 1. The van der Waals surface area contributed by atoms with Gasteiger partial charge < -0.3 is 10.5 Å². The van der Waals surface area contributed by atoms with Crippen LogP contribution in [0.25, 0.3) is 17.0 Å². The van der Waals surface area contributed by atoms with Gasteiger partial charge in [0.15, 0.2) is 5.78 Å². The molecule has 3 aromatic rings. The lowest BCUT2D eigenvalue weighted by atomic mass is 10.1. The van der Waals surface area contributed by atoms with Crippen molar-refractivity contribution in [2.45, 2.75) is 0 Å². The molecular formula is C19H15ClN2O2. The number of methoxy groups -OCH3 is 1. The monoisotopic (exact) mass is 338 g/mol. The molecule has 0 saturated heterocycles. The minimum absolute atomic E-state index is 0.124. The Morgan fingerprint density at radius 1 is 1.17 bits per heavy atom. The summed E-state index contributed by atoms with van der Waals surface area (Å²) in [6.07, 6.45) is 3.14. The SMILES string of the molecule is COc1ccc2cc(/C=C/C(=O)c3ccc(N)cc3)c(Cl)nc2c1. The van der Waals surface area contributed by atoms with Gasteiger partial charge in [-0.1, -0.05) is 11.6 Å². The number of hydrogen-bond acceptors (Lipinski definition) is 4. The second-order valence-electron chi connectivity index (χ2n) is 5.25. The maximum Gasteiger partial charge on any atom is 0.185 e. The number of nitrogen functional groups attached to an aromatic ring is 1. The van der Waals surface area contributed by atoms with E-state index in [0.717, 1.165) is 10.9 Å². The van der Waals surface area contributed by atoms with E-state index in [1.807, 2.05) is 24.3 Å². The molecule has 120 valence electrons. The van der Waals surface area contributed by atoms with Crippen LogP contribution < -0.4 is 10.5 Å². The van der Waals surface area contributed by atoms with Gasteiger partial charge in [0.2, 0.25) is 0 Å². The number of ketones is 1. The topological polar surface area (TPSA) is 65.2 Å². The van der Waals surface area contributed by atoms with Gasteiger partial charge in [-0.25, -0.2) is 4.98 Å². The smallest absolute Gasteiger partial charge is 0.185 e. The standard InChI is InChI=1S/C19H15ClN2O2/c1-24-16-8-4-13-10-14(19(20)22-17(13)11-16)5-9-18(23)12-2-6-15(21)7-3-12/h2-11H,21H2,1H3/b9-5+. The Labute approximate surface area is 144 Å². The van der Waals surface area contributed by atoms with E-state index in [4.69, 9.17) is 22.1 Å². The summed E-state index contributed by atoms with van der Waals surface area (Å²) in [4.78, 5) is 16.5. The van der Waals surface area contributed by atoms with E-state index < -0.39 is 0 Å². The van der Waals surface area contributed by atoms with Crippen molar-refractivity contribution < 1.29 is 9.53 Å². The quantitative estimate of drug-likeness (QED) is 0.332. The molecule has 4 nitrogen and oxygen atoms in total. The number of hydrogen-bond donors (Lipinski definition) is 1. The summed E-state index contributed by atoms with van der Waals surface area (Å²) in [6, 6.07) is 14.2. The van der Waals surface area contributed by atoms with Crippen LogP contribution in [0.5, 0.6) is 5.75 Å². The maximum atomic E-state index is 12.2. The fraction of sp³-hybridized carbons (Fsp3) is 0.0526. The molecule has 0 unspecified atom stereocenters. The van der Waals surface area contributed by atoms with E-state index in [-0.39, 0.29) is 5.78 Å². The molecule has 0 fully saturated rings. The third-order valence-corrected chi connectivity index (χ3v) is 3.92. The van der Waals surface area contributed by atoms with Crippen molar-refractivity contribution in [3.05, 3.63) is 70.9 Å². The molecule has 0 atom stereocenters. The molecule has 24 heavy (non-hydrogen) atoms. The lowest BCUT2D eigenvalue weighted by Gasteiger charge is -2.05. The predicted octanol–water partition coefficient (Wildman–Crippen LogP) is 4.38. The highest BCUT2D eigenvalue weighted by atomic mass is 35.5. The zero-order valence-corrected chi connectivity index (χ0v) is 13.7. The van der Waals surface area contributed by atoms with Gasteiger partial charge in [0.25, 0.3) is 0 Å². The molecule has 0 aliphatic rings. The molecule has 5 heteroatoms. The molecule has 3 rings (SSSR count). The second kappa shape index (κ2) is 6.72. The summed E-state index contributed by atoms with van der Waals surface area (Å²) in [5.41, 5.74) is 8.22. The van der Waals surface area contributed by atoms with Crippen LogP contribution in [0.15, 0.2) is 54.6 Å². The number of pyridine rings is 1. The first kappa shape index (κ1) is 16.0. The van der Waals surface area contributed by atoms with Gasteiger partial charge >= 0.3 is 0 Å². The Morgan fingerprint density at radius 2 is 1.92 bits per heavy atom. The lowest BCUT2D eigenvalue weighted by Crippen LogP contribution is -1.95. The average Bonchev–Trinajstić information content (AvgIpc) is 2.59. The number of carbonyl (C=O) groups is 1. The fourth-order valence-corrected chi connectivity index (χ4v) is 2.50. The van der Waals surface area contributed by atoms with Crippen molar-refractivity contribution in [2.75, 3.05) is 12.8 Å². The zero-order chi connectivity index (χ0) is 17.1. The van der Waals surface area contributed by atoms with E-state index >= 15 is 0 Å². The van der Waals surface area contributed by atoms with Crippen LogP contribution in [0, 0.1) is 0 Å². The number of nitrogens with two attached hydrogens (primary N) is 1. The lowest BCUT2D eigenvalue weighted by molar-refractivity contribution is 0.104. The summed E-state index contributed by atoms with van der Waals surface area (Å²) in [7, 11) is 1.60. The van der Waals surface area contributed by atoms with Crippen LogP contribution in [0.4, 0.5) is 5.69 Å². The number of allylic oxidation sites excluding steroid dienone is 1. The highest BCUT2D eigenvalue weighted by Crippen LogP contribution is 2.25. The van der Waals surface area contributed by atoms with Crippen LogP contribution in [0.1, 0.15) is 15.9 Å². The van der Waals surface area contributed by atoms with Crippen LogP contribution in [-0.2, 0) is 0 Å². The van der Waals surface area contributed by atoms with Gasteiger partial charge in [-0.15, -0.1) is 0 Å². The van der Waals surface area contributed by atoms with E-state index in [1.165, 1.54) is 6.08 Å². The maximum absolute atomic E-state index is 12.2. The van der Waals surface area contributed by atoms with Gasteiger partial charge in [0, 0.05) is 28.3 Å². The van der Waals surface area contributed by atoms with E-state index in [1.54, 1.807) is 37.5 Å². The van der Waals surface area contributed by atoms with E-state index in [2.05, 4.69) is 4.98 Å². The minimum Gasteiger partial charge on any atom is -0.497 e.